The first-order valence-electron chi connectivity index (χ1n) is 10.0. The van der Waals surface area contributed by atoms with Gasteiger partial charge in [0.2, 0.25) is 11.7 Å². The Morgan fingerprint density at radius 1 is 1.03 bits per heavy atom. The Morgan fingerprint density at radius 2 is 1.75 bits per heavy atom. The van der Waals surface area contributed by atoms with Crippen LogP contribution in [0.25, 0.3) is 16.9 Å². The second-order valence-electron chi connectivity index (χ2n) is 7.67. The van der Waals surface area contributed by atoms with E-state index < -0.39 is 16.8 Å². The fourth-order valence-corrected chi connectivity index (χ4v) is 4.10. The SMILES string of the molecule is CCCCc1c(O)n(Cc2ccc(Cl)c(Cl)c2)c2nc3c(c(=O)n(C)c(=O)n3C)n2c1=O. The summed E-state index contributed by atoms with van der Waals surface area (Å²) in [5, 5.41) is 11.8. The van der Waals surface area contributed by atoms with Gasteiger partial charge in [0.05, 0.1) is 22.2 Å². The monoisotopic (exact) mass is 477 g/mol. The predicted molar refractivity (Wildman–Crippen MR) is 123 cm³/mol. The van der Waals surface area contributed by atoms with Gasteiger partial charge in [0, 0.05) is 14.1 Å². The highest BCUT2D eigenvalue weighted by molar-refractivity contribution is 6.42. The number of fused-ring (bicyclic) bond motifs is 3. The Bertz CT molecular complexity index is 1560. The minimum absolute atomic E-state index is 0.0183. The molecule has 0 aliphatic carbocycles. The van der Waals surface area contributed by atoms with E-state index in [1.807, 2.05) is 6.92 Å². The molecule has 0 amide bonds. The summed E-state index contributed by atoms with van der Waals surface area (Å²) in [6, 6.07) is 5.03. The van der Waals surface area contributed by atoms with Gasteiger partial charge in [0.25, 0.3) is 11.1 Å². The van der Waals surface area contributed by atoms with Gasteiger partial charge in [-0.05, 0) is 30.5 Å². The van der Waals surface area contributed by atoms with Crippen LogP contribution < -0.4 is 16.8 Å². The number of aromatic nitrogens is 5. The van der Waals surface area contributed by atoms with Gasteiger partial charge in [-0.2, -0.15) is 4.98 Å². The number of unbranched alkanes of at least 4 members (excludes halogenated alkanes) is 1. The van der Waals surface area contributed by atoms with Crippen molar-refractivity contribution in [2.24, 2.45) is 14.1 Å². The number of aromatic hydroxyl groups is 1. The molecule has 3 heterocycles. The highest BCUT2D eigenvalue weighted by Crippen LogP contribution is 2.26. The number of halogens is 2. The van der Waals surface area contributed by atoms with Gasteiger partial charge < -0.3 is 5.11 Å². The van der Waals surface area contributed by atoms with Gasteiger partial charge in [0.1, 0.15) is 0 Å². The van der Waals surface area contributed by atoms with Crippen molar-refractivity contribution in [2.75, 3.05) is 0 Å². The Labute approximate surface area is 191 Å². The third-order valence-corrected chi connectivity index (χ3v) is 6.31. The number of hydrogen-bond acceptors (Lipinski definition) is 5. The maximum absolute atomic E-state index is 13.4. The van der Waals surface area contributed by atoms with Crippen LogP contribution in [0.15, 0.2) is 32.6 Å². The van der Waals surface area contributed by atoms with Gasteiger partial charge in [-0.1, -0.05) is 42.6 Å². The van der Waals surface area contributed by atoms with Crippen LogP contribution in [0.5, 0.6) is 5.88 Å². The second-order valence-corrected chi connectivity index (χ2v) is 8.49. The van der Waals surface area contributed by atoms with Crippen molar-refractivity contribution in [3.05, 3.63) is 70.6 Å². The van der Waals surface area contributed by atoms with E-state index >= 15 is 0 Å². The third-order valence-electron chi connectivity index (χ3n) is 5.57. The van der Waals surface area contributed by atoms with Crippen molar-refractivity contribution in [2.45, 2.75) is 32.7 Å². The molecular formula is C21H21Cl2N5O4. The largest absolute Gasteiger partial charge is 0.494 e. The van der Waals surface area contributed by atoms with Gasteiger partial charge >= 0.3 is 5.69 Å². The Kier molecular flexibility index (Phi) is 5.64. The fraction of sp³-hybridized carbons (Fsp3) is 0.333. The van der Waals surface area contributed by atoms with E-state index in [-0.39, 0.29) is 34.9 Å². The molecule has 4 rings (SSSR count). The van der Waals surface area contributed by atoms with Crippen molar-refractivity contribution in [1.82, 2.24) is 23.1 Å². The van der Waals surface area contributed by atoms with Gasteiger partial charge in [0.15, 0.2) is 11.2 Å². The summed E-state index contributed by atoms with van der Waals surface area (Å²) in [4.78, 5) is 43.1. The molecule has 0 spiro atoms. The Morgan fingerprint density at radius 3 is 2.41 bits per heavy atom. The van der Waals surface area contributed by atoms with Crippen LogP contribution in [0.1, 0.15) is 30.9 Å². The van der Waals surface area contributed by atoms with E-state index in [0.29, 0.717) is 28.5 Å². The van der Waals surface area contributed by atoms with E-state index in [1.54, 1.807) is 18.2 Å². The second kappa shape index (κ2) is 8.14. The molecule has 0 radical (unpaired) electrons. The quantitative estimate of drug-likeness (QED) is 0.475. The molecule has 1 N–H and O–H groups in total. The summed E-state index contributed by atoms with van der Waals surface area (Å²) in [5.41, 5.74) is -0.814. The predicted octanol–water partition coefficient (Wildman–Crippen LogP) is 2.45. The average Bonchev–Trinajstić information content (AvgIpc) is 3.17. The first-order valence-corrected chi connectivity index (χ1v) is 10.8. The number of rotatable bonds is 5. The van der Waals surface area contributed by atoms with Crippen molar-refractivity contribution < 1.29 is 5.11 Å². The third kappa shape index (κ3) is 3.32. The molecule has 32 heavy (non-hydrogen) atoms. The number of imidazole rings is 1. The maximum atomic E-state index is 13.4. The minimum Gasteiger partial charge on any atom is -0.494 e. The normalized spacial score (nSPS) is 11.7. The van der Waals surface area contributed by atoms with Crippen LogP contribution in [0.2, 0.25) is 10.0 Å². The molecule has 0 saturated heterocycles. The van der Waals surface area contributed by atoms with E-state index in [9.17, 15) is 19.5 Å². The van der Waals surface area contributed by atoms with E-state index in [2.05, 4.69) is 4.98 Å². The fourth-order valence-electron chi connectivity index (χ4n) is 3.78. The van der Waals surface area contributed by atoms with Gasteiger partial charge in [-0.25, -0.2) is 9.20 Å². The minimum atomic E-state index is -0.638. The van der Waals surface area contributed by atoms with Crippen LogP contribution in [0.4, 0.5) is 0 Å². The molecule has 1 aromatic carbocycles. The molecule has 0 aliphatic heterocycles. The average molecular weight is 478 g/mol. The molecule has 0 atom stereocenters. The molecule has 0 aliphatic rings. The van der Waals surface area contributed by atoms with Gasteiger partial charge in [-0.15, -0.1) is 0 Å². The lowest BCUT2D eigenvalue weighted by atomic mass is 10.1. The van der Waals surface area contributed by atoms with E-state index in [1.165, 1.54) is 27.6 Å². The summed E-state index contributed by atoms with van der Waals surface area (Å²) in [5.74, 6) is -0.189. The first-order chi connectivity index (χ1) is 15.2. The van der Waals surface area contributed by atoms with Gasteiger partial charge in [-0.3, -0.25) is 23.3 Å². The smallest absolute Gasteiger partial charge is 0.332 e. The molecule has 11 heteroatoms. The van der Waals surface area contributed by atoms with Crippen LogP contribution in [0, 0.1) is 0 Å². The zero-order chi connectivity index (χ0) is 23.3. The van der Waals surface area contributed by atoms with Crippen LogP contribution in [-0.4, -0.2) is 28.2 Å². The zero-order valence-corrected chi connectivity index (χ0v) is 19.2. The molecular weight excluding hydrogens is 457 g/mol. The summed E-state index contributed by atoms with van der Waals surface area (Å²) in [7, 11) is 2.82. The van der Waals surface area contributed by atoms with Crippen LogP contribution in [0.3, 0.4) is 0 Å². The first kappa shape index (κ1) is 22.2. The lowest BCUT2D eigenvalue weighted by Crippen LogP contribution is -2.38. The maximum Gasteiger partial charge on any atom is 0.332 e. The number of benzene rings is 1. The lowest BCUT2D eigenvalue weighted by Gasteiger charge is -2.15. The molecule has 9 nitrogen and oxygen atoms in total. The van der Waals surface area contributed by atoms with Crippen molar-refractivity contribution in [3.8, 4) is 5.88 Å². The highest BCUT2D eigenvalue weighted by Gasteiger charge is 2.24. The van der Waals surface area contributed by atoms with E-state index in [0.717, 1.165) is 11.0 Å². The zero-order valence-electron chi connectivity index (χ0n) is 17.7. The lowest BCUT2D eigenvalue weighted by molar-refractivity contribution is 0.410. The summed E-state index contributed by atoms with van der Waals surface area (Å²) in [6.45, 7) is 2.09. The van der Waals surface area contributed by atoms with Crippen LogP contribution >= 0.6 is 23.2 Å². The Balaban J connectivity index is 2.14. The highest BCUT2D eigenvalue weighted by atomic mass is 35.5. The standard InChI is InChI=1S/C21H21Cl2N5O4/c1-4-5-6-12-17(29)27(10-11-7-8-13(22)14(23)9-11)20-24-16-15(28(20)18(12)30)19(31)26(3)21(32)25(16)2/h7-9,29H,4-6,10H2,1-3H3. The van der Waals surface area contributed by atoms with Crippen LogP contribution in [-0.2, 0) is 27.1 Å². The van der Waals surface area contributed by atoms with Crippen molar-refractivity contribution in [1.29, 1.82) is 0 Å². The topological polar surface area (TPSA) is 104 Å². The van der Waals surface area contributed by atoms with Crippen molar-refractivity contribution >= 4 is 40.1 Å². The molecule has 0 saturated carbocycles. The van der Waals surface area contributed by atoms with E-state index in [4.69, 9.17) is 23.2 Å². The molecule has 0 fully saturated rings. The molecule has 0 unspecified atom stereocenters. The molecule has 168 valence electrons. The summed E-state index contributed by atoms with van der Waals surface area (Å²) in [6.07, 6.45) is 1.80. The molecule has 0 bridgehead atoms. The Hall–Kier alpha value is -3.04. The summed E-state index contributed by atoms with van der Waals surface area (Å²) >= 11 is 12.2. The molecule has 4 aromatic rings. The number of nitrogens with zero attached hydrogens (tertiary/aromatic N) is 5. The summed E-state index contributed by atoms with van der Waals surface area (Å²) < 4.78 is 4.75. The van der Waals surface area contributed by atoms with Crippen molar-refractivity contribution in [3.63, 3.8) is 0 Å². The number of aryl methyl sites for hydroxylation is 1. The molecule has 3 aromatic heterocycles. The number of hydrogen-bond donors (Lipinski definition) is 1.